The van der Waals surface area contributed by atoms with Gasteiger partial charge in [-0.3, -0.25) is 0 Å². The van der Waals surface area contributed by atoms with Crippen molar-refractivity contribution in [2.75, 3.05) is 0 Å². The van der Waals surface area contributed by atoms with Crippen LogP contribution in [0.15, 0.2) is 83.2 Å². The summed E-state index contributed by atoms with van der Waals surface area (Å²) < 4.78 is 2.23. The minimum Gasteiger partial charge on any atom is -0.316 e. The van der Waals surface area contributed by atoms with Gasteiger partial charge in [-0.2, -0.15) is 0 Å². The van der Waals surface area contributed by atoms with E-state index in [1.807, 2.05) is 48.5 Å². The number of hydrogen-bond acceptors (Lipinski definition) is 2. The fourth-order valence-electron chi connectivity index (χ4n) is 3.03. The monoisotopic (exact) mass is 458 g/mol. The van der Waals surface area contributed by atoms with E-state index < -0.39 is 0 Å². The molecule has 0 amide bonds. The zero-order chi connectivity index (χ0) is 20.2. The summed E-state index contributed by atoms with van der Waals surface area (Å²) in [5, 5.41) is 3.90. The lowest BCUT2D eigenvalue weighted by atomic mass is 10.1. The molecule has 0 fully saturated rings. The SMILES string of the molecule is Clc1ccc(N=c2scc(-c3ccc(Cl)c(Cl)c3)n2CCc2ccccc2)cc1. The first kappa shape index (κ1) is 20.2. The summed E-state index contributed by atoms with van der Waals surface area (Å²) >= 11 is 20.0. The summed E-state index contributed by atoms with van der Waals surface area (Å²) in [5.74, 6) is 0. The maximum Gasteiger partial charge on any atom is 0.190 e. The van der Waals surface area contributed by atoms with E-state index in [-0.39, 0.29) is 0 Å². The molecule has 2 nitrogen and oxygen atoms in total. The van der Waals surface area contributed by atoms with Gasteiger partial charge in [0.2, 0.25) is 0 Å². The van der Waals surface area contributed by atoms with E-state index in [0.29, 0.717) is 15.1 Å². The van der Waals surface area contributed by atoms with Crippen LogP contribution in [0.4, 0.5) is 5.69 Å². The number of halogens is 3. The fourth-order valence-corrected chi connectivity index (χ4v) is 4.41. The quantitative estimate of drug-likeness (QED) is 0.291. The number of nitrogens with zero attached hydrogens (tertiary/aromatic N) is 2. The van der Waals surface area contributed by atoms with E-state index in [4.69, 9.17) is 39.8 Å². The molecule has 0 saturated heterocycles. The zero-order valence-electron chi connectivity index (χ0n) is 15.4. The van der Waals surface area contributed by atoms with Crippen molar-refractivity contribution in [1.29, 1.82) is 0 Å². The highest BCUT2D eigenvalue weighted by Crippen LogP contribution is 2.29. The number of rotatable bonds is 5. The van der Waals surface area contributed by atoms with Gasteiger partial charge >= 0.3 is 0 Å². The number of aryl methyl sites for hydroxylation is 1. The number of thiazole rings is 1. The lowest BCUT2D eigenvalue weighted by Gasteiger charge is -2.10. The van der Waals surface area contributed by atoms with Crippen molar-refractivity contribution in [3.63, 3.8) is 0 Å². The van der Waals surface area contributed by atoms with Gasteiger partial charge in [0.1, 0.15) is 0 Å². The predicted octanol–water partition coefficient (Wildman–Crippen LogP) is 7.65. The van der Waals surface area contributed by atoms with Gasteiger partial charge in [0, 0.05) is 22.5 Å². The largest absolute Gasteiger partial charge is 0.316 e. The van der Waals surface area contributed by atoms with Crippen molar-refractivity contribution in [2.45, 2.75) is 13.0 Å². The summed E-state index contributed by atoms with van der Waals surface area (Å²) in [7, 11) is 0. The van der Waals surface area contributed by atoms with Crippen LogP contribution in [0.2, 0.25) is 15.1 Å². The second kappa shape index (κ2) is 9.19. The molecule has 0 unspecified atom stereocenters. The average molecular weight is 460 g/mol. The molecule has 0 saturated carbocycles. The van der Waals surface area contributed by atoms with Gasteiger partial charge in [-0.05, 0) is 48.4 Å². The summed E-state index contributed by atoms with van der Waals surface area (Å²) in [6.07, 6.45) is 0.902. The Kier molecular flexibility index (Phi) is 6.41. The molecule has 1 aromatic heterocycles. The molecule has 0 aliphatic carbocycles. The van der Waals surface area contributed by atoms with E-state index in [9.17, 15) is 0 Å². The van der Waals surface area contributed by atoms with Crippen LogP contribution >= 0.6 is 46.1 Å². The van der Waals surface area contributed by atoms with Gasteiger partial charge in [0.25, 0.3) is 0 Å². The average Bonchev–Trinajstić information content (AvgIpc) is 3.13. The van der Waals surface area contributed by atoms with E-state index in [2.05, 4.69) is 34.2 Å². The molecule has 0 aliphatic rings. The maximum atomic E-state index is 6.27. The topological polar surface area (TPSA) is 17.3 Å². The molecule has 4 rings (SSSR count). The first-order valence-corrected chi connectivity index (χ1v) is 11.1. The van der Waals surface area contributed by atoms with E-state index >= 15 is 0 Å². The third-order valence-corrected chi connectivity index (χ3v) is 6.39. The van der Waals surface area contributed by atoms with Crippen molar-refractivity contribution in [3.8, 4) is 11.3 Å². The van der Waals surface area contributed by atoms with Gasteiger partial charge in [0.05, 0.1) is 21.4 Å². The molecular formula is C23H17Cl3N2S. The number of aromatic nitrogens is 1. The summed E-state index contributed by atoms with van der Waals surface area (Å²) in [6, 6.07) is 23.7. The third kappa shape index (κ3) is 4.93. The van der Waals surface area contributed by atoms with Crippen LogP contribution in [0.25, 0.3) is 11.3 Å². The molecule has 0 atom stereocenters. The Balaban J connectivity index is 1.77. The highest BCUT2D eigenvalue weighted by Gasteiger charge is 2.10. The molecular weight excluding hydrogens is 443 g/mol. The highest BCUT2D eigenvalue weighted by molar-refractivity contribution is 7.07. The molecule has 29 heavy (non-hydrogen) atoms. The van der Waals surface area contributed by atoms with Gasteiger partial charge in [-0.15, -0.1) is 11.3 Å². The lowest BCUT2D eigenvalue weighted by Crippen LogP contribution is -2.17. The third-order valence-electron chi connectivity index (χ3n) is 4.53. The number of benzene rings is 3. The minimum absolute atomic E-state index is 0.543. The molecule has 0 bridgehead atoms. The first-order valence-electron chi connectivity index (χ1n) is 9.08. The van der Waals surface area contributed by atoms with Gasteiger partial charge < -0.3 is 4.57 Å². The normalized spacial score (nSPS) is 11.8. The van der Waals surface area contributed by atoms with Gasteiger partial charge in [-0.1, -0.05) is 71.2 Å². The van der Waals surface area contributed by atoms with E-state index in [1.54, 1.807) is 11.3 Å². The second-order valence-corrected chi connectivity index (χ2v) is 8.60. The summed E-state index contributed by atoms with van der Waals surface area (Å²) in [5.41, 5.74) is 4.23. The first-order chi connectivity index (χ1) is 14.1. The van der Waals surface area contributed by atoms with Crippen molar-refractivity contribution < 1.29 is 0 Å². The Hall–Kier alpha value is -2.04. The zero-order valence-corrected chi connectivity index (χ0v) is 18.4. The van der Waals surface area contributed by atoms with Crippen LogP contribution in [0.1, 0.15) is 5.56 Å². The maximum absolute atomic E-state index is 6.27. The van der Waals surface area contributed by atoms with Crippen LogP contribution in [-0.2, 0) is 13.0 Å². The van der Waals surface area contributed by atoms with Gasteiger partial charge in [-0.25, -0.2) is 4.99 Å². The predicted molar refractivity (Wildman–Crippen MR) is 125 cm³/mol. The van der Waals surface area contributed by atoms with Gasteiger partial charge in [0.15, 0.2) is 4.80 Å². The van der Waals surface area contributed by atoms with Crippen LogP contribution in [0.3, 0.4) is 0 Å². The highest BCUT2D eigenvalue weighted by atomic mass is 35.5. The standard InChI is InChI=1S/C23H17Cl3N2S/c24-18-7-9-19(10-8-18)27-23-28(13-12-16-4-2-1-3-5-16)22(15-29-23)17-6-11-20(25)21(26)14-17/h1-11,14-15H,12-13H2. The Bertz CT molecular complexity index is 1180. The number of hydrogen-bond donors (Lipinski definition) is 0. The molecule has 6 heteroatoms. The Morgan fingerprint density at radius 2 is 1.59 bits per heavy atom. The molecule has 0 N–H and O–H groups in total. The fraction of sp³-hybridized carbons (Fsp3) is 0.0870. The molecule has 146 valence electrons. The molecule has 0 radical (unpaired) electrons. The smallest absolute Gasteiger partial charge is 0.190 e. The molecule has 0 aliphatic heterocycles. The molecule has 4 aromatic rings. The Morgan fingerprint density at radius 1 is 0.828 bits per heavy atom. The van der Waals surface area contributed by atoms with Crippen LogP contribution in [-0.4, -0.2) is 4.57 Å². The summed E-state index contributed by atoms with van der Waals surface area (Å²) in [4.78, 5) is 5.77. The Morgan fingerprint density at radius 3 is 2.31 bits per heavy atom. The van der Waals surface area contributed by atoms with E-state index in [0.717, 1.165) is 34.7 Å². The lowest BCUT2D eigenvalue weighted by molar-refractivity contribution is 0.684. The molecule has 0 spiro atoms. The minimum atomic E-state index is 0.543. The molecule has 1 heterocycles. The van der Waals surface area contributed by atoms with Crippen molar-refractivity contribution in [2.24, 2.45) is 4.99 Å². The van der Waals surface area contributed by atoms with Crippen LogP contribution in [0.5, 0.6) is 0 Å². The van der Waals surface area contributed by atoms with Crippen molar-refractivity contribution >= 4 is 51.8 Å². The van der Waals surface area contributed by atoms with Crippen LogP contribution < -0.4 is 4.80 Å². The van der Waals surface area contributed by atoms with E-state index in [1.165, 1.54) is 5.56 Å². The second-order valence-electron chi connectivity index (χ2n) is 6.51. The molecule has 3 aromatic carbocycles. The summed E-state index contributed by atoms with van der Waals surface area (Å²) in [6.45, 7) is 0.801. The van der Waals surface area contributed by atoms with Crippen molar-refractivity contribution in [3.05, 3.63) is 104 Å². The van der Waals surface area contributed by atoms with Crippen LogP contribution in [0, 0.1) is 0 Å². The Labute approximate surface area is 188 Å². The van der Waals surface area contributed by atoms with Crippen molar-refractivity contribution in [1.82, 2.24) is 4.57 Å².